The van der Waals surface area contributed by atoms with Crippen molar-refractivity contribution in [2.75, 3.05) is 31.2 Å². The van der Waals surface area contributed by atoms with Crippen molar-refractivity contribution in [2.45, 2.75) is 20.3 Å². The number of nitrogens with zero attached hydrogens (tertiary/aromatic N) is 3. The predicted octanol–water partition coefficient (Wildman–Crippen LogP) is 1.33. The number of hydrogen-bond donors (Lipinski definition) is 1. The number of ether oxygens (including phenoxy) is 1. The molecule has 0 aromatic carbocycles. The summed E-state index contributed by atoms with van der Waals surface area (Å²) < 4.78 is 5.29. The van der Waals surface area contributed by atoms with Gasteiger partial charge >= 0.3 is 0 Å². The van der Waals surface area contributed by atoms with E-state index in [1.807, 2.05) is 0 Å². The number of anilines is 1. The van der Waals surface area contributed by atoms with Gasteiger partial charge in [-0.1, -0.05) is 13.8 Å². The zero-order valence-corrected chi connectivity index (χ0v) is 11.0. The van der Waals surface area contributed by atoms with Gasteiger partial charge in [-0.3, -0.25) is 4.98 Å². The molecule has 0 saturated carbocycles. The van der Waals surface area contributed by atoms with E-state index in [1.165, 1.54) is 6.42 Å². The maximum Gasteiger partial charge on any atom is 0.234 e. The highest BCUT2D eigenvalue weighted by atomic mass is 16.5. The van der Waals surface area contributed by atoms with Crippen molar-refractivity contribution in [1.29, 1.82) is 0 Å². The molecule has 0 aliphatic carbocycles. The molecule has 1 aromatic rings. The van der Waals surface area contributed by atoms with Crippen LogP contribution in [0.25, 0.3) is 0 Å². The second kappa shape index (κ2) is 6.00. The van der Waals surface area contributed by atoms with Crippen LogP contribution in [-0.2, 0) is 0 Å². The lowest BCUT2D eigenvalue weighted by molar-refractivity contribution is 0.196. The number of aliphatic hydroxyl groups is 1. The maximum absolute atomic E-state index is 8.73. The summed E-state index contributed by atoms with van der Waals surface area (Å²) in [6.45, 7) is 6.81. The Morgan fingerprint density at radius 2 is 2.06 bits per heavy atom. The Morgan fingerprint density at radius 3 is 2.72 bits per heavy atom. The molecule has 1 saturated heterocycles. The zero-order chi connectivity index (χ0) is 13.0. The molecule has 2 atom stereocenters. The van der Waals surface area contributed by atoms with Gasteiger partial charge in [-0.2, -0.15) is 4.98 Å². The average molecular weight is 251 g/mol. The van der Waals surface area contributed by atoms with Crippen LogP contribution in [0.15, 0.2) is 12.4 Å². The monoisotopic (exact) mass is 251 g/mol. The molecular weight excluding hydrogens is 230 g/mol. The van der Waals surface area contributed by atoms with E-state index in [9.17, 15) is 0 Å². The summed E-state index contributed by atoms with van der Waals surface area (Å²) in [5.74, 6) is 2.70. The van der Waals surface area contributed by atoms with E-state index in [2.05, 4.69) is 28.7 Å². The quantitative estimate of drug-likeness (QED) is 0.875. The lowest BCUT2D eigenvalue weighted by Gasteiger charge is -2.35. The minimum Gasteiger partial charge on any atom is -0.474 e. The van der Waals surface area contributed by atoms with Gasteiger partial charge in [-0.25, -0.2) is 0 Å². The number of aliphatic hydroxyl groups excluding tert-OH is 1. The molecule has 1 aliphatic heterocycles. The van der Waals surface area contributed by atoms with Gasteiger partial charge in [0.25, 0.3) is 0 Å². The van der Waals surface area contributed by atoms with Gasteiger partial charge in [-0.15, -0.1) is 0 Å². The molecule has 2 heterocycles. The Labute approximate surface area is 108 Å². The van der Waals surface area contributed by atoms with Crippen molar-refractivity contribution in [1.82, 2.24) is 9.97 Å². The van der Waals surface area contributed by atoms with Crippen LogP contribution in [0.3, 0.4) is 0 Å². The summed E-state index contributed by atoms with van der Waals surface area (Å²) in [4.78, 5) is 10.8. The van der Waals surface area contributed by atoms with E-state index in [-0.39, 0.29) is 13.2 Å². The standard InChI is InChI=1S/C13H21N3O2/c1-10-5-11(2)9-16(8-10)12-6-14-7-13(15-12)18-4-3-17/h6-7,10-11,17H,3-5,8-9H2,1-2H3/t10-,11+. The molecular formula is C13H21N3O2. The highest BCUT2D eigenvalue weighted by Crippen LogP contribution is 2.25. The molecule has 1 aromatic heterocycles. The lowest BCUT2D eigenvalue weighted by Crippen LogP contribution is -2.39. The molecule has 5 heteroatoms. The molecule has 0 unspecified atom stereocenters. The van der Waals surface area contributed by atoms with Crippen LogP contribution in [0.4, 0.5) is 5.82 Å². The van der Waals surface area contributed by atoms with Gasteiger partial charge in [0.05, 0.1) is 19.0 Å². The summed E-state index contributed by atoms with van der Waals surface area (Å²) >= 11 is 0. The molecule has 1 aliphatic rings. The van der Waals surface area contributed by atoms with Gasteiger partial charge in [0.1, 0.15) is 6.61 Å². The Balaban J connectivity index is 2.07. The van der Waals surface area contributed by atoms with Crippen molar-refractivity contribution in [3.63, 3.8) is 0 Å². The van der Waals surface area contributed by atoms with Crippen LogP contribution in [-0.4, -0.2) is 41.4 Å². The molecule has 0 spiro atoms. The summed E-state index contributed by atoms with van der Waals surface area (Å²) in [5.41, 5.74) is 0. The lowest BCUT2D eigenvalue weighted by atomic mass is 9.92. The van der Waals surface area contributed by atoms with Gasteiger partial charge in [0.15, 0.2) is 5.82 Å². The third-order valence-corrected chi connectivity index (χ3v) is 3.13. The van der Waals surface area contributed by atoms with Crippen LogP contribution in [0.1, 0.15) is 20.3 Å². The van der Waals surface area contributed by atoms with E-state index in [0.717, 1.165) is 18.9 Å². The average Bonchev–Trinajstić information content (AvgIpc) is 2.35. The first kappa shape index (κ1) is 13.1. The molecule has 100 valence electrons. The number of piperidine rings is 1. The van der Waals surface area contributed by atoms with E-state index < -0.39 is 0 Å². The number of hydrogen-bond acceptors (Lipinski definition) is 5. The molecule has 0 amide bonds. The highest BCUT2D eigenvalue weighted by molar-refractivity contribution is 5.38. The van der Waals surface area contributed by atoms with Crippen molar-refractivity contribution < 1.29 is 9.84 Å². The molecule has 0 radical (unpaired) electrons. The predicted molar refractivity (Wildman–Crippen MR) is 69.8 cm³/mol. The van der Waals surface area contributed by atoms with Crippen LogP contribution < -0.4 is 9.64 Å². The molecule has 18 heavy (non-hydrogen) atoms. The fraction of sp³-hybridized carbons (Fsp3) is 0.692. The van der Waals surface area contributed by atoms with Gasteiger partial charge in [0, 0.05) is 13.1 Å². The first-order chi connectivity index (χ1) is 8.69. The summed E-state index contributed by atoms with van der Waals surface area (Å²) in [7, 11) is 0. The zero-order valence-electron chi connectivity index (χ0n) is 11.0. The maximum atomic E-state index is 8.73. The second-order valence-electron chi connectivity index (χ2n) is 5.14. The first-order valence-electron chi connectivity index (χ1n) is 6.49. The Morgan fingerprint density at radius 1 is 1.33 bits per heavy atom. The van der Waals surface area contributed by atoms with Crippen molar-refractivity contribution >= 4 is 5.82 Å². The summed E-state index contributed by atoms with van der Waals surface area (Å²) in [5, 5.41) is 8.73. The topological polar surface area (TPSA) is 58.5 Å². The first-order valence-corrected chi connectivity index (χ1v) is 6.49. The van der Waals surface area contributed by atoms with Crippen molar-refractivity contribution in [3.05, 3.63) is 12.4 Å². The van der Waals surface area contributed by atoms with Gasteiger partial charge in [0.2, 0.25) is 5.88 Å². The van der Waals surface area contributed by atoms with Crippen LogP contribution in [0.2, 0.25) is 0 Å². The van der Waals surface area contributed by atoms with E-state index in [1.54, 1.807) is 12.4 Å². The number of rotatable bonds is 4. The second-order valence-corrected chi connectivity index (χ2v) is 5.14. The van der Waals surface area contributed by atoms with Crippen LogP contribution in [0.5, 0.6) is 5.88 Å². The Hall–Kier alpha value is -1.36. The fourth-order valence-corrected chi connectivity index (χ4v) is 2.56. The van der Waals surface area contributed by atoms with Crippen LogP contribution in [0, 0.1) is 11.8 Å². The van der Waals surface area contributed by atoms with Crippen molar-refractivity contribution in [3.8, 4) is 5.88 Å². The third-order valence-electron chi connectivity index (χ3n) is 3.13. The Kier molecular flexibility index (Phi) is 4.36. The Bertz CT molecular complexity index is 376. The fourth-order valence-electron chi connectivity index (χ4n) is 2.56. The third kappa shape index (κ3) is 3.32. The molecule has 1 fully saturated rings. The van der Waals surface area contributed by atoms with E-state index >= 15 is 0 Å². The SMILES string of the molecule is C[C@@H]1C[C@H](C)CN(c2cncc(OCCO)n2)C1. The molecule has 2 rings (SSSR count). The normalized spacial score (nSPS) is 24.1. The molecule has 1 N–H and O–H groups in total. The summed E-state index contributed by atoms with van der Waals surface area (Å²) in [6, 6.07) is 0. The van der Waals surface area contributed by atoms with Crippen molar-refractivity contribution in [2.24, 2.45) is 11.8 Å². The minimum atomic E-state index is -0.0102. The van der Waals surface area contributed by atoms with Crippen LogP contribution >= 0.6 is 0 Å². The largest absolute Gasteiger partial charge is 0.474 e. The van der Waals surface area contributed by atoms with Gasteiger partial charge < -0.3 is 14.7 Å². The molecule has 5 nitrogen and oxygen atoms in total. The van der Waals surface area contributed by atoms with E-state index in [0.29, 0.717) is 17.7 Å². The van der Waals surface area contributed by atoms with E-state index in [4.69, 9.17) is 9.84 Å². The number of aromatic nitrogens is 2. The molecule has 0 bridgehead atoms. The minimum absolute atomic E-state index is 0.0102. The highest BCUT2D eigenvalue weighted by Gasteiger charge is 2.23. The smallest absolute Gasteiger partial charge is 0.234 e. The summed E-state index contributed by atoms with van der Waals surface area (Å²) in [6.07, 6.45) is 4.62. The van der Waals surface area contributed by atoms with Gasteiger partial charge in [-0.05, 0) is 18.3 Å².